The van der Waals surface area contributed by atoms with Crippen LogP contribution in [0, 0.1) is 12.7 Å². The highest BCUT2D eigenvalue weighted by Gasteiger charge is 2.11. The fourth-order valence-electron chi connectivity index (χ4n) is 4.29. The number of hydrogen-bond donors (Lipinski definition) is 1. The number of rotatable bonds is 13. The molecule has 0 saturated carbocycles. The highest BCUT2D eigenvalue weighted by atomic mass is 19.1. The number of amides is 1. The van der Waals surface area contributed by atoms with Crippen LogP contribution in [0.5, 0.6) is 5.75 Å². The van der Waals surface area contributed by atoms with Crippen LogP contribution in [-0.4, -0.2) is 28.6 Å². The van der Waals surface area contributed by atoms with Crippen LogP contribution in [-0.2, 0) is 13.0 Å². The average molecular weight is 488 g/mol. The summed E-state index contributed by atoms with van der Waals surface area (Å²) in [5.41, 5.74) is 3.52. The third-order valence-corrected chi connectivity index (χ3v) is 6.28. The second kappa shape index (κ2) is 12.9. The third kappa shape index (κ3) is 6.94. The average Bonchev–Trinajstić information content (AvgIpc) is 3.24. The van der Waals surface area contributed by atoms with E-state index in [-0.39, 0.29) is 11.5 Å². The number of benzene rings is 3. The van der Waals surface area contributed by atoms with Crippen LogP contribution in [0.15, 0.2) is 72.8 Å². The van der Waals surface area contributed by atoms with Crippen LogP contribution in [0.2, 0.25) is 0 Å². The number of unbranched alkanes of at least 4 members (excludes halogenated alkanes) is 3. The Balaban J connectivity index is 1.22. The van der Waals surface area contributed by atoms with Gasteiger partial charge >= 0.3 is 0 Å². The van der Waals surface area contributed by atoms with E-state index in [2.05, 4.69) is 47.1 Å². The quantitative estimate of drug-likeness (QED) is 0.219. The molecular weight excluding hydrogens is 453 g/mol. The number of aromatic nitrogens is 2. The molecule has 0 fully saturated rings. The summed E-state index contributed by atoms with van der Waals surface area (Å²) in [6.07, 6.45) is 5.66. The van der Waals surface area contributed by atoms with Gasteiger partial charge in [0, 0.05) is 19.5 Å². The summed E-state index contributed by atoms with van der Waals surface area (Å²) >= 11 is 0. The van der Waals surface area contributed by atoms with Crippen LogP contribution in [0.1, 0.15) is 53.8 Å². The van der Waals surface area contributed by atoms with Gasteiger partial charge in [0.1, 0.15) is 17.4 Å². The lowest BCUT2D eigenvalue weighted by atomic mass is 10.1. The van der Waals surface area contributed by atoms with Crippen molar-refractivity contribution in [1.82, 2.24) is 14.9 Å². The maximum absolute atomic E-state index is 13.7. The Labute approximate surface area is 212 Å². The molecule has 4 aromatic rings. The van der Waals surface area contributed by atoms with Crippen molar-refractivity contribution in [3.63, 3.8) is 0 Å². The van der Waals surface area contributed by atoms with E-state index in [9.17, 15) is 9.18 Å². The number of nitrogens with one attached hydrogen (secondary N) is 1. The summed E-state index contributed by atoms with van der Waals surface area (Å²) in [6, 6.07) is 22.5. The standard InChI is InChI=1S/C30H34FN3O2/c1-23-16-18-24(19-17-23)36-22-10-9-21-34-28-14-7-6-13-27(28)33-29(34)15-3-2-8-20-32-30(35)25-11-4-5-12-26(25)31/h4-7,11-14,16-19H,2-3,8-10,15,20-22H2,1H3,(H,32,35). The maximum Gasteiger partial charge on any atom is 0.254 e. The number of imidazole rings is 1. The molecule has 1 aromatic heterocycles. The van der Waals surface area contributed by atoms with Gasteiger partial charge in [-0.3, -0.25) is 4.79 Å². The summed E-state index contributed by atoms with van der Waals surface area (Å²) in [5, 5.41) is 2.81. The van der Waals surface area contributed by atoms with Gasteiger partial charge in [-0.1, -0.05) is 48.4 Å². The molecule has 3 aromatic carbocycles. The van der Waals surface area contributed by atoms with Crippen molar-refractivity contribution < 1.29 is 13.9 Å². The first kappa shape index (κ1) is 25.4. The third-order valence-electron chi connectivity index (χ3n) is 6.28. The van der Waals surface area contributed by atoms with E-state index in [0.29, 0.717) is 13.2 Å². The molecule has 0 bridgehead atoms. The number of carbonyl (C=O) groups excluding carboxylic acids is 1. The molecule has 0 radical (unpaired) electrons. The van der Waals surface area contributed by atoms with Gasteiger partial charge in [-0.2, -0.15) is 0 Å². The number of ether oxygens (including phenoxy) is 1. The minimum Gasteiger partial charge on any atom is -0.494 e. The molecule has 1 amide bonds. The lowest BCUT2D eigenvalue weighted by Crippen LogP contribution is -2.25. The lowest BCUT2D eigenvalue weighted by molar-refractivity contribution is 0.0949. The first-order valence-corrected chi connectivity index (χ1v) is 12.8. The summed E-state index contributed by atoms with van der Waals surface area (Å²) in [7, 11) is 0. The molecule has 5 nitrogen and oxygen atoms in total. The summed E-state index contributed by atoms with van der Waals surface area (Å²) in [4.78, 5) is 17.0. The van der Waals surface area contributed by atoms with Gasteiger partial charge in [0.25, 0.3) is 5.91 Å². The Hall–Kier alpha value is -3.67. The number of para-hydroxylation sites is 2. The molecule has 6 heteroatoms. The summed E-state index contributed by atoms with van der Waals surface area (Å²) in [5.74, 6) is 1.17. The van der Waals surface area contributed by atoms with Crippen LogP contribution in [0.3, 0.4) is 0 Å². The Bertz CT molecular complexity index is 1270. The molecule has 0 aliphatic rings. The van der Waals surface area contributed by atoms with Gasteiger partial charge in [-0.25, -0.2) is 9.37 Å². The smallest absolute Gasteiger partial charge is 0.254 e. The highest BCUT2D eigenvalue weighted by Crippen LogP contribution is 2.19. The Morgan fingerprint density at radius 1 is 0.917 bits per heavy atom. The number of aryl methyl sites for hydroxylation is 3. The fraction of sp³-hybridized carbons (Fsp3) is 0.333. The van der Waals surface area contributed by atoms with Crippen LogP contribution >= 0.6 is 0 Å². The lowest BCUT2D eigenvalue weighted by Gasteiger charge is -2.11. The van der Waals surface area contributed by atoms with E-state index in [0.717, 1.165) is 62.2 Å². The molecule has 1 heterocycles. The van der Waals surface area contributed by atoms with Crippen molar-refractivity contribution in [2.75, 3.05) is 13.2 Å². The van der Waals surface area contributed by atoms with Crippen molar-refractivity contribution in [3.8, 4) is 5.75 Å². The maximum atomic E-state index is 13.7. The zero-order valence-electron chi connectivity index (χ0n) is 20.9. The normalized spacial score (nSPS) is 11.1. The van der Waals surface area contributed by atoms with Gasteiger partial charge in [0.2, 0.25) is 0 Å². The molecule has 4 rings (SSSR count). The van der Waals surface area contributed by atoms with E-state index >= 15 is 0 Å². The molecule has 0 saturated heterocycles. The van der Waals surface area contributed by atoms with Crippen LogP contribution in [0.25, 0.3) is 11.0 Å². The Kier molecular flexibility index (Phi) is 9.09. The topological polar surface area (TPSA) is 56.1 Å². The molecule has 188 valence electrons. The van der Waals surface area contributed by atoms with Gasteiger partial charge in [0.15, 0.2) is 0 Å². The number of fused-ring (bicyclic) bond motifs is 1. The number of hydrogen-bond acceptors (Lipinski definition) is 3. The minimum atomic E-state index is -0.490. The largest absolute Gasteiger partial charge is 0.494 e. The van der Waals surface area contributed by atoms with Gasteiger partial charge in [0.05, 0.1) is 23.2 Å². The fourth-order valence-corrected chi connectivity index (χ4v) is 4.29. The zero-order chi connectivity index (χ0) is 25.2. The Morgan fingerprint density at radius 3 is 2.53 bits per heavy atom. The van der Waals surface area contributed by atoms with Crippen molar-refractivity contribution in [2.45, 2.75) is 52.0 Å². The number of nitrogens with zero attached hydrogens (tertiary/aromatic N) is 2. The molecule has 0 spiro atoms. The summed E-state index contributed by atoms with van der Waals surface area (Å²) in [6.45, 7) is 4.21. The number of carbonyl (C=O) groups is 1. The van der Waals surface area contributed by atoms with Gasteiger partial charge < -0.3 is 14.6 Å². The van der Waals surface area contributed by atoms with Gasteiger partial charge in [-0.15, -0.1) is 0 Å². The molecule has 0 unspecified atom stereocenters. The van der Waals surface area contributed by atoms with E-state index in [1.165, 1.54) is 23.2 Å². The molecule has 0 aliphatic heterocycles. The van der Waals surface area contributed by atoms with Crippen molar-refractivity contribution in [3.05, 3.63) is 95.6 Å². The van der Waals surface area contributed by atoms with E-state index < -0.39 is 5.82 Å². The second-order valence-electron chi connectivity index (χ2n) is 9.08. The molecule has 0 atom stereocenters. The van der Waals surface area contributed by atoms with Crippen molar-refractivity contribution >= 4 is 16.9 Å². The first-order chi connectivity index (χ1) is 17.6. The molecule has 36 heavy (non-hydrogen) atoms. The predicted molar refractivity (Wildman–Crippen MR) is 142 cm³/mol. The predicted octanol–water partition coefficient (Wildman–Crippen LogP) is 6.49. The second-order valence-corrected chi connectivity index (χ2v) is 9.08. The molecule has 0 aliphatic carbocycles. The van der Waals surface area contributed by atoms with Crippen LogP contribution in [0.4, 0.5) is 4.39 Å². The number of halogens is 1. The molecular formula is C30H34FN3O2. The SMILES string of the molecule is Cc1ccc(OCCCCn2c(CCCCCNC(=O)c3ccccc3F)nc3ccccc32)cc1. The minimum absolute atomic E-state index is 0.0930. The first-order valence-electron chi connectivity index (χ1n) is 12.8. The van der Waals surface area contributed by atoms with E-state index in [1.807, 2.05) is 18.2 Å². The highest BCUT2D eigenvalue weighted by molar-refractivity contribution is 5.94. The van der Waals surface area contributed by atoms with Crippen molar-refractivity contribution in [2.24, 2.45) is 0 Å². The van der Waals surface area contributed by atoms with Gasteiger partial charge in [-0.05, 0) is 69.0 Å². The molecule has 1 N–H and O–H groups in total. The zero-order valence-corrected chi connectivity index (χ0v) is 20.9. The van der Waals surface area contributed by atoms with Crippen molar-refractivity contribution in [1.29, 1.82) is 0 Å². The van der Waals surface area contributed by atoms with E-state index in [4.69, 9.17) is 9.72 Å². The summed E-state index contributed by atoms with van der Waals surface area (Å²) < 4.78 is 21.9. The van der Waals surface area contributed by atoms with Crippen LogP contribution < -0.4 is 10.1 Å². The Morgan fingerprint density at radius 2 is 1.69 bits per heavy atom. The van der Waals surface area contributed by atoms with E-state index in [1.54, 1.807) is 12.1 Å². The monoisotopic (exact) mass is 487 g/mol.